The van der Waals surface area contributed by atoms with E-state index in [9.17, 15) is 14.4 Å². The molecule has 356 valence electrons. The van der Waals surface area contributed by atoms with Gasteiger partial charge in [-0.1, -0.05) is 13.0 Å². The molecule has 3 aromatic carbocycles. The first kappa shape index (κ1) is 45.0. The number of fused-ring (bicyclic) bond motifs is 2. The number of benzene rings is 3. The highest BCUT2D eigenvalue weighted by Crippen LogP contribution is 2.55. The minimum atomic E-state index is -0.695. The number of methoxy groups -OCH3 is 2. The monoisotopic (exact) mass is 929 g/mol. The molecule has 3 aromatic heterocycles. The number of halogens is 1. The van der Waals surface area contributed by atoms with Crippen LogP contribution in [0.3, 0.4) is 0 Å². The van der Waals surface area contributed by atoms with Gasteiger partial charge < -0.3 is 33.4 Å². The van der Waals surface area contributed by atoms with Crippen molar-refractivity contribution in [2.45, 2.75) is 84.0 Å². The van der Waals surface area contributed by atoms with E-state index in [4.69, 9.17) is 24.1 Å². The van der Waals surface area contributed by atoms with Crippen LogP contribution in [0.15, 0.2) is 71.8 Å². The number of carbonyl (C=O) groups is 3. The molecular formula is C50H56FN9O8. The van der Waals surface area contributed by atoms with Crippen LogP contribution < -0.4 is 26.1 Å². The topological polar surface area (TPSA) is 168 Å². The van der Waals surface area contributed by atoms with E-state index in [-0.39, 0.29) is 30.1 Å². The fraction of sp³-hybridized carbons (Fsp3) is 0.420. The lowest BCUT2D eigenvalue weighted by Crippen LogP contribution is -2.49. The summed E-state index contributed by atoms with van der Waals surface area (Å²) < 4.78 is 38.6. The normalized spacial score (nSPS) is 20.3. The van der Waals surface area contributed by atoms with Crippen LogP contribution >= 0.6 is 0 Å². The van der Waals surface area contributed by atoms with Gasteiger partial charge in [0, 0.05) is 88.3 Å². The van der Waals surface area contributed by atoms with E-state index in [2.05, 4.69) is 40.5 Å². The van der Waals surface area contributed by atoms with Gasteiger partial charge in [-0.15, -0.1) is 5.48 Å². The molecule has 68 heavy (non-hydrogen) atoms. The lowest BCUT2D eigenvalue weighted by atomic mass is 9.91. The van der Waals surface area contributed by atoms with Gasteiger partial charge in [-0.05, 0) is 111 Å². The number of aryl methyl sites for hydroxylation is 2. The SMILES string of the molecule is COCCCN(C(C)=O)c1ccc(-n2ccn(-c3c4c(nn3-c3cc(C)c(F)c(C)c3)CCN(C(=O)c3cc5cc(C6CCOCC6)ccc5n3[C@@]3(C5NOC(=O)N5)C[C@@H]3C)C4)c2=O)cc1OC. The Morgan fingerprint density at radius 1 is 0.985 bits per heavy atom. The van der Waals surface area contributed by atoms with E-state index in [1.165, 1.54) is 28.7 Å². The smallest absolute Gasteiger partial charge is 0.427 e. The Labute approximate surface area is 392 Å². The van der Waals surface area contributed by atoms with Gasteiger partial charge in [0.1, 0.15) is 29.2 Å². The summed E-state index contributed by atoms with van der Waals surface area (Å²) in [4.78, 5) is 64.0. The Morgan fingerprint density at radius 3 is 2.41 bits per heavy atom. The van der Waals surface area contributed by atoms with E-state index in [0.29, 0.717) is 115 Å². The van der Waals surface area contributed by atoms with Crippen LogP contribution in [-0.4, -0.2) is 99.6 Å². The zero-order valence-corrected chi connectivity index (χ0v) is 39.1. The number of nitrogens with zero attached hydrogens (tertiary/aromatic N) is 7. The summed E-state index contributed by atoms with van der Waals surface area (Å²) in [5.74, 6) is 0.537. The number of carbonyl (C=O) groups excluding carboxylic acids is 3. The molecule has 2 saturated heterocycles. The molecular weight excluding hydrogens is 874 g/mol. The Hall–Kier alpha value is -6.76. The second kappa shape index (κ2) is 17.7. The lowest BCUT2D eigenvalue weighted by molar-refractivity contribution is -0.116. The van der Waals surface area contributed by atoms with E-state index in [1.54, 1.807) is 78.2 Å². The summed E-state index contributed by atoms with van der Waals surface area (Å²) in [7, 11) is 3.13. The number of ether oxygens (including phenoxy) is 3. The fourth-order valence-electron chi connectivity index (χ4n) is 10.7. The second-order valence-electron chi connectivity index (χ2n) is 18.5. The molecule has 1 aliphatic carbocycles. The van der Waals surface area contributed by atoms with Crippen LogP contribution in [0.1, 0.15) is 83.9 Å². The van der Waals surface area contributed by atoms with Crippen LogP contribution in [0.4, 0.5) is 14.9 Å². The number of nitrogens with one attached hydrogen (secondary N) is 2. The van der Waals surface area contributed by atoms with Crippen molar-refractivity contribution >= 4 is 34.5 Å². The van der Waals surface area contributed by atoms with E-state index in [0.717, 1.165) is 23.7 Å². The van der Waals surface area contributed by atoms with Crippen molar-refractivity contribution in [2.24, 2.45) is 5.92 Å². The van der Waals surface area contributed by atoms with Gasteiger partial charge in [-0.25, -0.2) is 18.7 Å². The zero-order chi connectivity index (χ0) is 47.6. The van der Waals surface area contributed by atoms with Gasteiger partial charge in [-0.2, -0.15) is 5.10 Å². The Kier molecular flexibility index (Phi) is 11.7. The average Bonchev–Trinajstić information content (AvgIpc) is 3.83. The van der Waals surface area contributed by atoms with Gasteiger partial charge in [-0.3, -0.25) is 24.0 Å². The van der Waals surface area contributed by atoms with Gasteiger partial charge in [0.2, 0.25) is 5.91 Å². The maximum absolute atomic E-state index is 15.4. The number of hydrogen-bond acceptors (Lipinski definition) is 10. The molecule has 3 atom stereocenters. The highest BCUT2D eigenvalue weighted by molar-refractivity contribution is 6.00. The summed E-state index contributed by atoms with van der Waals surface area (Å²) in [6, 6.07) is 17.0. The number of hydroxylamine groups is 1. The molecule has 18 heteroatoms. The average molecular weight is 930 g/mol. The number of aromatic nitrogens is 5. The van der Waals surface area contributed by atoms with Crippen molar-refractivity contribution < 1.29 is 37.8 Å². The highest BCUT2D eigenvalue weighted by atomic mass is 19.1. The van der Waals surface area contributed by atoms with Gasteiger partial charge in [0.15, 0.2) is 0 Å². The first-order valence-electron chi connectivity index (χ1n) is 23.2. The number of hydrogen-bond donors (Lipinski definition) is 2. The third-order valence-corrected chi connectivity index (χ3v) is 14.3. The maximum atomic E-state index is 15.4. The number of amides is 3. The molecule has 3 amide bonds. The van der Waals surface area contributed by atoms with E-state index in [1.807, 2.05) is 6.07 Å². The largest absolute Gasteiger partial charge is 0.494 e. The Balaban J connectivity index is 1.06. The first-order valence-corrected chi connectivity index (χ1v) is 23.2. The van der Waals surface area contributed by atoms with E-state index < -0.39 is 23.5 Å². The summed E-state index contributed by atoms with van der Waals surface area (Å²) >= 11 is 0. The van der Waals surface area contributed by atoms with Crippen molar-refractivity contribution in [1.82, 2.24) is 39.2 Å². The number of anilines is 1. The van der Waals surface area contributed by atoms with Crippen LogP contribution in [0.2, 0.25) is 0 Å². The summed E-state index contributed by atoms with van der Waals surface area (Å²) in [6.45, 7) is 9.73. The molecule has 3 aliphatic heterocycles. The lowest BCUT2D eigenvalue weighted by Gasteiger charge is -2.31. The summed E-state index contributed by atoms with van der Waals surface area (Å²) in [5.41, 5.74) is 8.15. The molecule has 2 N–H and O–H groups in total. The third kappa shape index (κ3) is 7.63. The molecule has 0 radical (unpaired) electrons. The zero-order valence-electron chi connectivity index (χ0n) is 39.1. The van der Waals surface area contributed by atoms with Crippen LogP contribution in [-0.2, 0) is 37.6 Å². The van der Waals surface area contributed by atoms with Crippen molar-refractivity contribution in [3.63, 3.8) is 0 Å². The van der Waals surface area contributed by atoms with Gasteiger partial charge in [0.05, 0.1) is 41.9 Å². The molecule has 4 aliphatic rings. The molecule has 1 saturated carbocycles. The van der Waals surface area contributed by atoms with Gasteiger partial charge >= 0.3 is 11.8 Å². The predicted octanol–water partition coefficient (Wildman–Crippen LogP) is 6.32. The van der Waals surface area contributed by atoms with Crippen LogP contribution in [0.5, 0.6) is 5.75 Å². The first-order chi connectivity index (χ1) is 32.8. The molecule has 17 nitrogen and oxygen atoms in total. The molecule has 6 aromatic rings. The van der Waals surface area contributed by atoms with Crippen LogP contribution in [0, 0.1) is 25.6 Å². The van der Waals surface area contributed by atoms with Crippen molar-refractivity contribution in [1.29, 1.82) is 0 Å². The molecule has 0 spiro atoms. The number of rotatable bonds is 13. The van der Waals surface area contributed by atoms with E-state index >= 15 is 9.18 Å². The fourth-order valence-corrected chi connectivity index (χ4v) is 10.7. The number of imidazole rings is 1. The standard InChI is InChI=1S/C50H56FN9O8/c1-29-22-37(23-30(2)44(29)51)60-45(58-18-17-57(49(58)64)36-9-11-41(43(26-36)66-6)56(32(4)61)15-7-19-65-5)38-28-55(16-12-39(38)53-60)46(62)42-25-35-24-34(33-13-20-67-21-14-33)8-10-40(35)59(42)50(27-31(50)3)47-52-48(63)68-54-47/h8-11,17-18,22-26,31,33,47,54H,7,12-16,19-21,27-28H2,1-6H3,(H,52,63)/t31-,47?,50-/m0/s1. The summed E-state index contributed by atoms with van der Waals surface area (Å²) in [5, 5.41) is 8.93. The second-order valence-corrected chi connectivity index (χ2v) is 18.5. The molecule has 6 heterocycles. The molecule has 10 rings (SSSR count). The van der Waals surface area contributed by atoms with Gasteiger partial charge in [0.25, 0.3) is 5.91 Å². The summed E-state index contributed by atoms with van der Waals surface area (Å²) in [6.07, 6.45) is 5.68. The highest BCUT2D eigenvalue weighted by Gasteiger charge is 2.62. The van der Waals surface area contributed by atoms with Crippen molar-refractivity contribution in [3.8, 4) is 22.9 Å². The molecule has 0 bridgehead atoms. The Bertz CT molecular complexity index is 3010. The van der Waals surface area contributed by atoms with Crippen molar-refractivity contribution in [3.05, 3.63) is 117 Å². The Morgan fingerprint density at radius 2 is 1.74 bits per heavy atom. The minimum absolute atomic E-state index is 0.0841. The van der Waals surface area contributed by atoms with Crippen LogP contribution in [0.25, 0.3) is 28.1 Å². The van der Waals surface area contributed by atoms with Crippen molar-refractivity contribution in [2.75, 3.05) is 52.0 Å². The predicted molar refractivity (Wildman–Crippen MR) is 250 cm³/mol. The third-order valence-electron chi connectivity index (χ3n) is 14.3. The minimum Gasteiger partial charge on any atom is -0.494 e. The maximum Gasteiger partial charge on any atom is 0.427 e. The molecule has 1 unspecified atom stereocenters. The quantitative estimate of drug-likeness (QED) is 0.125. The molecule has 3 fully saturated rings.